The van der Waals surface area contributed by atoms with E-state index >= 15 is 0 Å². The van der Waals surface area contributed by atoms with E-state index < -0.39 is 24.0 Å². The van der Waals surface area contributed by atoms with Crippen LogP contribution in [0.2, 0.25) is 0 Å². The van der Waals surface area contributed by atoms with E-state index in [0.29, 0.717) is 16.5 Å². The van der Waals surface area contributed by atoms with Crippen molar-refractivity contribution in [3.8, 4) is 5.75 Å². The number of cyclic esters (lactones) is 1. The number of para-hydroxylation sites is 1. The molecular formula is C22H15F3N2O5. The summed E-state index contributed by atoms with van der Waals surface area (Å²) in [7, 11) is 0. The summed E-state index contributed by atoms with van der Waals surface area (Å²) in [6, 6.07) is 12.3. The Morgan fingerprint density at radius 2 is 1.81 bits per heavy atom. The minimum atomic E-state index is -4.78. The van der Waals surface area contributed by atoms with Gasteiger partial charge in [0.05, 0.1) is 11.3 Å². The van der Waals surface area contributed by atoms with Crippen LogP contribution in [0.25, 0.3) is 10.9 Å². The number of rotatable bonds is 6. The van der Waals surface area contributed by atoms with Gasteiger partial charge in [-0.3, -0.25) is 9.59 Å². The average molecular weight is 444 g/mol. The zero-order valence-electron chi connectivity index (χ0n) is 16.3. The first kappa shape index (κ1) is 21.2. The summed E-state index contributed by atoms with van der Waals surface area (Å²) in [6.07, 6.45) is -2.17. The van der Waals surface area contributed by atoms with Gasteiger partial charge in [0.15, 0.2) is 0 Å². The number of carbonyl (C=O) groups excluding carboxylic acids is 3. The fourth-order valence-corrected chi connectivity index (χ4v) is 3.32. The average Bonchev–Trinajstić information content (AvgIpc) is 3.31. The molecule has 1 aromatic heterocycles. The Morgan fingerprint density at radius 3 is 2.47 bits per heavy atom. The van der Waals surface area contributed by atoms with Crippen LogP contribution in [0.1, 0.15) is 15.9 Å². The molecule has 0 fully saturated rings. The van der Waals surface area contributed by atoms with E-state index in [2.05, 4.69) is 10.1 Å². The van der Waals surface area contributed by atoms with Gasteiger partial charge in [0.2, 0.25) is 0 Å². The van der Waals surface area contributed by atoms with E-state index in [1.165, 1.54) is 30.5 Å². The van der Waals surface area contributed by atoms with Crippen LogP contribution in [0.15, 0.2) is 66.5 Å². The molecule has 32 heavy (non-hydrogen) atoms. The summed E-state index contributed by atoms with van der Waals surface area (Å²) < 4.78 is 47.3. The molecule has 2 aromatic carbocycles. The second-order valence-corrected chi connectivity index (χ2v) is 6.94. The number of Topliss-reactive ketones (excluding diaryl/α,β-unsaturated/α-hetero) is 1. The third-order valence-electron chi connectivity index (χ3n) is 4.69. The van der Waals surface area contributed by atoms with Gasteiger partial charge in [0.25, 0.3) is 11.7 Å². The smallest absolute Gasteiger partial charge is 0.456 e. The molecule has 0 aliphatic carbocycles. The van der Waals surface area contributed by atoms with E-state index in [1.54, 1.807) is 28.8 Å². The molecule has 1 aliphatic rings. The van der Waals surface area contributed by atoms with Crippen molar-refractivity contribution >= 4 is 28.6 Å². The highest BCUT2D eigenvalue weighted by Gasteiger charge is 2.31. The van der Waals surface area contributed by atoms with Gasteiger partial charge in [-0.1, -0.05) is 30.3 Å². The molecule has 1 amide bonds. The lowest BCUT2D eigenvalue weighted by Crippen LogP contribution is -2.31. The van der Waals surface area contributed by atoms with Crippen molar-refractivity contribution in [2.24, 2.45) is 0 Å². The molecule has 164 valence electrons. The SMILES string of the molecule is O=C1C=C(NC(=O)C(=O)c2cn(Cc3ccc(OC(F)(F)F)cc3)c3ccccc23)CO1. The first-order valence-electron chi connectivity index (χ1n) is 9.35. The lowest BCUT2D eigenvalue weighted by atomic mass is 10.1. The molecule has 3 aromatic rings. The number of amides is 1. The highest BCUT2D eigenvalue weighted by Crippen LogP contribution is 2.25. The van der Waals surface area contributed by atoms with Crippen LogP contribution in [0.3, 0.4) is 0 Å². The summed E-state index contributed by atoms with van der Waals surface area (Å²) in [5.74, 6) is -2.65. The Balaban J connectivity index is 1.57. The van der Waals surface area contributed by atoms with Crippen molar-refractivity contribution in [2.75, 3.05) is 6.61 Å². The number of carbonyl (C=O) groups is 3. The minimum absolute atomic E-state index is 0.117. The quantitative estimate of drug-likeness (QED) is 0.358. The highest BCUT2D eigenvalue weighted by atomic mass is 19.4. The van der Waals surface area contributed by atoms with Crippen molar-refractivity contribution in [3.63, 3.8) is 0 Å². The van der Waals surface area contributed by atoms with Gasteiger partial charge < -0.3 is 19.4 Å². The largest absolute Gasteiger partial charge is 0.573 e. The second-order valence-electron chi connectivity index (χ2n) is 6.94. The van der Waals surface area contributed by atoms with Crippen molar-refractivity contribution in [1.29, 1.82) is 0 Å². The Morgan fingerprint density at radius 1 is 1.09 bits per heavy atom. The zero-order chi connectivity index (χ0) is 22.9. The Kier molecular flexibility index (Phi) is 5.43. The van der Waals surface area contributed by atoms with Gasteiger partial charge in [0, 0.05) is 29.7 Å². The molecule has 0 unspecified atom stereocenters. The van der Waals surface area contributed by atoms with E-state index in [0.717, 1.165) is 6.08 Å². The number of ether oxygens (including phenoxy) is 2. The number of hydrogen-bond acceptors (Lipinski definition) is 5. The van der Waals surface area contributed by atoms with E-state index in [1.807, 2.05) is 0 Å². The number of alkyl halides is 3. The fraction of sp³-hybridized carbons (Fsp3) is 0.136. The Labute approximate surface area is 179 Å². The number of hydrogen-bond donors (Lipinski definition) is 1. The van der Waals surface area contributed by atoms with Crippen molar-refractivity contribution in [1.82, 2.24) is 9.88 Å². The maximum atomic E-state index is 12.8. The highest BCUT2D eigenvalue weighted by molar-refractivity contribution is 6.45. The first-order chi connectivity index (χ1) is 15.2. The zero-order valence-corrected chi connectivity index (χ0v) is 16.3. The predicted octanol–water partition coefficient (Wildman–Crippen LogP) is 3.33. The number of fused-ring (bicyclic) bond motifs is 1. The topological polar surface area (TPSA) is 86.6 Å². The summed E-state index contributed by atoms with van der Waals surface area (Å²) in [4.78, 5) is 36.3. The van der Waals surface area contributed by atoms with Crippen molar-refractivity contribution < 1.29 is 37.0 Å². The van der Waals surface area contributed by atoms with Crippen LogP contribution in [-0.2, 0) is 20.9 Å². The van der Waals surface area contributed by atoms with Gasteiger partial charge >= 0.3 is 12.3 Å². The number of nitrogens with one attached hydrogen (secondary N) is 1. The number of ketones is 1. The molecule has 10 heteroatoms. The van der Waals surface area contributed by atoms with Gasteiger partial charge in [-0.15, -0.1) is 13.2 Å². The van der Waals surface area contributed by atoms with Crippen molar-refractivity contribution in [2.45, 2.75) is 12.9 Å². The van der Waals surface area contributed by atoms with Crippen molar-refractivity contribution in [3.05, 3.63) is 77.6 Å². The van der Waals surface area contributed by atoms with Gasteiger partial charge in [-0.25, -0.2) is 4.79 Å². The minimum Gasteiger partial charge on any atom is -0.456 e. The molecule has 0 saturated heterocycles. The van der Waals surface area contributed by atoms with Crippen LogP contribution < -0.4 is 10.1 Å². The molecule has 0 spiro atoms. The van der Waals surface area contributed by atoms with Crippen LogP contribution in [0, 0.1) is 0 Å². The summed E-state index contributed by atoms with van der Waals surface area (Å²) in [6.45, 7) is 0.128. The molecule has 0 atom stereocenters. The second kappa shape index (κ2) is 8.22. The summed E-state index contributed by atoms with van der Waals surface area (Å²) in [5, 5.41) is 2.91. The summed E-state index contributed by atoms with van der Waals surface area (Å²) >= 11 is 0. The molecule has 0 bridgehead atoms. The van der Waals surface area contributed by atoms with Gasteiger partial charge in [0.1, 0.15) is 12.4 Å². The van der Waals surface area contributed by atoms with Crippen LogP contribution >= 0.6 is 0 Å². The lowest BCUT2D eigenvalue weighted by molar-refractivity contribution is -0.274. The number of esters is 1. The fourth-order valence-electron chi connectivity index (χ4n) is 3.32. The third-order valence-corrected chi connectivity index (χ3v) is 4.69. The maximum absolute atomic E-state index is 12.8. The Hall–Kier alpha value is -4.08. The normalized spacial score (nSPS) is 13.6. The van der Waals surface area contributed by atoms with Gasteiger partial charge in [-0.05, 0) is 23.8 Å². The van der Waals surface area contributed by atoms with E-state index in [4.69, 9.17) is 4.74 Å². The van der Waals surface area contributed by atoms with Gasteiger partial charge in [-0.2, -0.15) is 0 Å². The number of aromatic nitrogens is 1. The number of nitrogens with zero attached hydrogens (tertiary/aromatic N) is 1. The van der Waals surface area contributed by atoms with Crippen LogP contribution in [0.5, 0.6) is 5.75 Å². The van der Waals surface area contributed by atoms with E-state index in [9.17, 15) is 27.6 Å². The maximum Gasteiger partial charge on any atom is 0.573 e. The molecule has 2 heterocycles. The molecule has 4 rings (SSSR count). The molecule has 1 N–H and O–H groups in total. The van der Waals surface area contributed by atoms with Crippen LogP contribution in [0.4, 0.5) is 13.2 Å². The molecular weight excluding hydrogens is 429 g/mol. The number of halogens is 3. The summed E-state index contributed by atoms with van der Waals surface area (Å²) in [5.41, 5.74) is 1.67. The Bertz CT molecular complexity index is 1240. The number of benzene rings is 2. The molecule has 0 radical (unpaired) electrons. The molecule has 0 saturated carbocycles. The monoisotopic (exact) mass is 444 g/mol. The van der Waals surface area contributed by atoms with E-state index in [-0.39, 0.29) is 30.2 Å². The first-order valence-corrected chi connectivity index (χ1v) is 9.35. The third kappa shape index (κ3) is 4.64. The molecule has 1 aliphatic heterocycles. The predicted molar refractivity (Wildman–Crippen MR) is 106 cm³/mol. The van der Waals surface area contributed by atoms with Crippen LogP contribution in [-0.4, -0.2) is 35.2 Å². The standard InChI is InChI=1S/C22H15F3N2O5/c23-22(24,25)32-15-7-5-13(6-8-15)10-27-11-17(16-3-1-2-4-18(16)27)20(29)21(30)26-14-9-19(28)31-12-14/h1-9,11H,10,12H2,(H,26,30). The lowest BCUT2D eigenvalue weighted by Gasteiger charge is -2.10. The molecule has 7 nitrogen and oxygen atoms in total.